The van der Waals surface area contributed by atoms with Gasteiger partial charge >= 0.3 is 0 Å². The molecule has 0 amide bonds. The van der Waals surface area contributed by atoms with Crippen molar-refractivity contribution in [3.63, 3.8) is 0 Å². The lowest BCUT2D eigenvalue weighted by Gasteiger charge is -2.17. The summed E-state index contributed by atoms with van der Waals surface area (Å²) < 4.78 is 13.6. The van der Waals surface area contributed by atoms with Gasteiger partial charge in [-0.25, -0.2) is 4.39 Å². The van der Waals surface area contributed by atoms with Gasteiger partial charge in [0.05, 0.1) is 4.83 Å². The molecule has 1 nitrogen and oxygen atoms in total. The number of ketones is 1. The molecular weight excluding hydrogens is 327 g/mol. The van der Waals surface area contributed by atoms with Gasteiger partial charge in [0.25, 0.3) is 0 Å². The normalized spacial score (nSPS) is 14.7. The summed E-state index contributed by atoms with van der Waals surface area (Å²) in [6.07, 6.45) is 0. The van der Waals surface area contributed by atoms with Gasteiger partial charge in [0.1, 0.15) is 11.6 Å². The second-order valence-corrected chi connectivity index (χ2v) is 5.31. The lowest BCUT2D eigenvalue weighted by atomic mass is 9.96. The first-order valence-corrected chi connectivity index (χ1v) is 6.24. The molecule has 0 bridgehead atoms. The molecule has 0 radical (unpaired) electrons. The fourth-order valence-electron chi connectivity index (χ4n) is 1.38. The fraction of sp³-hybridized carbons (Fsp3) is 0.364. The summed E-state index contributed by atoms with van der Waals surface area (Å²) in [4.78, 5) is 11.0. The zero-order valence-electron chi connectivity index (χ0n) is 8.43. The zero-order chi connectivity index (χ0) is 11.6. The van der Waals surface area contributed by atoms with E-state index >= 15 is 0 Å². The summed E-state index contributed by atoms with van der Waals surface area (Å²) in [7, 11) is 0. The average molecular weight is 338 g/mol. The summed E-state index contributed by atoms with van der Waals surface area (Å²) in [5.41, 5.74) is 0.925. The van der Waals surface area contributed by atoms with Gasteiger partial charge < -0.3 is 0 Å². The molecule has 0 fully saturated rings. The van der Waals surface area contributed by atoms with E-state index in [9.17, 15) is 9.18 Å². The maximum atomic E-state index is 12.9. The first-order chi connectivity index (χ1) is 6.93. The predicted molar refractivity (Wildman–Crippen MR) is 65.9 cm³/mol. The smallest absolute Gasteiger partial charge is 0.144 e. The van der Waals surface area contributed by atoms with E-state index in [0.29, 0.717) is 4.47 Å². The third kappa shape index (κ3) is 3.11. The van der Waals surface area contributed by atoms with Crippen molar-refractivity contribution in [1.29, 1.82) is 0 Å². The highest BCUT2D eigenvalue weighted by atomic mass is 79.9. The standard InChI is InChI=1S/C11H11Br2FO/c1-6(11(13)7(2)15)9-4-3-8(14)5-10(9)12/h3-6,11H,1-2H3. The van der Waals surface area contributed by atoms with E-state index in [0.717, 1.165) is 5.56 Å². The number of halogens is 3. The van der Waals surface area contributed by atoms with Crippen LogP contribution in [-0.2, 0) is 4.79 Å². The number of rotatable bonds is 3. The maximum Gasteiger partial charge on any atom is 0.144 e. The number of hydrogen-bond donors (Lipinski definition) is 0. The third-order valence-corrected chi connectivity index (χ3v) is 4.40. The zero-order valence-corrected chi connectivity index (χ0v) is 11.6. The molecule has 0 spiro atoms. The quantitative estimate of drug-likeness (QED) is 0.760. The molecule has 1 rings (SSSR count). The SMILES string of the molecule is CC(=O)C(Br)C(C)c1ccc(F)cc1Br. The average Bonchev–Trinajstić information content (AvgIpc) is 2.15. The van der Waals surface area contributed by atoms with Gasteiger partial charge in [-0.2, -0.15) is 0 Å². The molecule has 0 saturated carbocycles. The molecule has 0 aliphatic heterocycles. The summed E-state index contributed by atoms with van der Waals surface area (Å²) in [6.45, 7) is 3.46. The van der Waals surface area contributed by atoms with Crippen LogP contribution in [0.3, 0.4) is 0 Å². The van der Waals surface area contributed by atoms with Crippen molar-refractivity contribution in [3.05, 3.63) is 34.1 Å². The van der Waals surface area contributed by atoms with Crippen molar-refractivity contribution in [2.45, 2.75) is 24.6 Å². The number of hydrogen-bond acceptors (Lipinski definition) is 1. The molecule has 2 unspecified atom stereocenters. The molecule has 0 aliphatic rings. The molecular formula is C11H11Br2FO. The van der Waals surface area contributed by atoms with Gasteiger partial charge in [-0.15, -0.1) is 0 Å². The molecule has 0 saturated heterocycles. The molecule has 0 heterocycles. The van der Waals surface area contributed by atoms with Crippen molar-refractivity contribution in [1.82, 2.24) is 0 Å². The Morgan fingerprint density at radius 3 is 2.53 bits per heavy atom. The van der Waals surface area contributed by atoms with E-state index in [2.05, 4.69) is 31.9 Å². The minimum Gasteiger partial charge on any atom is -0.299 e. The summed E-state index contributed by atoms with van der Waals surface area (Å²) in [5.74, 6) is -0.206. The molecule has 0 aromatic heterocycles. The highest BCUT2D eigenvalue weighted by Crippen LogP contribution is 2.31. The Bertz CT molecular complexity index is 379. The monoisotopic (exact) mass is 336 g/mol. The molecule has 1 aromatic rings. The summed E-state index contributed by atoms with van der Waals surface area (Å²) in [6, 6.07) is 4.50. The Labute approximate surface area is 105 Å². The minimum absolute atomic E-state index is 0.0116. The minimum atomic E-state index is -0.285. The van der Waals surface area contributed by atoms with Crippen LogP contribution in [0.15, 0.2) is 22.7 Å². The van der Waals surface area contributed by atoms with Gasteiger partial charge in [0, 0.05) is 10.4 Å². The topological polar surface area (TPSA) is 17.1 Å². The summed E-state index contributed by atoms with van der Waals surface area (Å²) >= 11 is 6.63. The van der Waals surface area contributed by atoms with Crippen molar-refractivity contribution < 1.29 is 9.18 Å². The van der Waals surface area contributed by atoms with Crippen LogP contribution >= 0.6 is 31.9 Å². The first-order valence-electron chi connectivity index (χ1n) is 4.53. The lowest BCUT2D eigenvalue weighted by Crippen LogP contribution is -2.17. The molecule has 15 heavy (non-hydrogen) atoms. The van der Waals surface area contributed by atoms with Crippen molar-refractivity contribution in [2.75, 3.05) is 0 Å². The van der Waals surface area contributed by atoms with Crippen LogP contribution in [0.5, 0.6) is 0 Å². The van der Waals surface area contributed by atoms with Crippen LogP contribution in [0.1, 0.15) is 25.3 Å². The number of alkyl halides is 1. The Kier molecular flexibility index (Phi) is 4.46. The van der Waals surface area contributed by atoms with Crippen LogP contribution in [-0.4, -0.2) is 10.6 Å². The van der Waals surface area contributed by atoms with E-state index < -0.39 is 0 Å². The van der Waals surface area contributed by atoms with E-state index in [4.69, 9.17) is 0 Å². The van der Waals surface area contributed by atoms with Crippen LogP contribution < -0.4 is 0 Å². The first kappa shape index (κ1) is 12.8. The Morgan fingerprint density at radius 2 is 2.07 bits per heavy atom. The van der Waals surface area contributed by atoms with E-state index in [1.165, 1.54) is 19.1 Å². The van der Waals surface area contributed by atoms with Crippen LogP contribution in [0.4, 0.5) is 4.39 Å². The predicted octanol–water partition coefficient (Wildman–Crippen LogP) is 4.04. The summed E-state index contributed by atoms with van der Waals surface area (Å²) in [5, 5.41) is 0. The molecule has 4 heteroatoms. The van der Waals surface area contributed by atoms with E-state index in [1.54, 1.807) is 6.07 Å². The molecule has 2 atom stereocenters. The van der Waals surface area contributed by atoms with Crippen molar-refractivity contribution >= 4 is 37.6 Å². The third-order valence-electron chi connectivity index (χ3n) is 2.28. The largest absolute Gasteiger partial charge is 0.299 e. The van der Waals surface area contributed by atoms with Gasteiger partial charge in [-0.3, -0.25) is 4.79 Å². The molecule has 0 N–H and O–H groups in total. The molecule has 0 aliphatic carbocycles. The van der Waals surface area contributed by atoms with Gasteiger partial charge in [0.2, 0.25) is 0 Å². The second kappa shape index (κ2) is 5.21. The maximum absolute atomic E-state index is 12.9. The number of carbonyl (C=O) groups is 1. The van der Waals surface area contributed by atoms with Crippen LogP contribution in [0.25, 0.3) is 0 Å². The number of benzene rings is 1. The highest BCUT2D eigenvalue weighted by Gasteiger charge is 2.21. The van der Waals surface area contributed by atoms with Crippen LogP contribution in [0, 0.1) is 5.82 Å². The molecule has 1 aromatic carbocycles. The number of carbonyl (C=O) groups excluding carboxylic acids is 1. The van der Waals surface area contributed by atoms with E-state index in [-0.39, 0.29) is 22.3 Å². The Balaban J connectivity index is 3.01. The fourth-order valence-corrected chi connectivity index (χ4v) is 2.38. The van der Waals surface area contributed by atoms with Crippen molar-refractivity contribution in [2.24, 2.45) is 0 Å². The van der Waals surface area contributed by atoms with Crippen molar-refractivity contribution in [3.8, 4) is 0 Å². The van der Waals surface area contributed by atoms with Crippen LogP contribution in [0.2, 0.25) is 0 Å². The molecule has 82 valence electrons. The van der Waals surface area contributed by atoms with Gasteiger partial charge in [0.15, 0.2) is 0 Å². The van der Waals surface area contributed by atoms with Gasteiger partial charge in [-0.05, 0) is 24.6 Å². The highest BCUT2D eigenvalue weighted by molar-refractivity contribution is 9.10. The Hall–Kier alpha value is -0.220. The number of Topliss-reactive ketones (excluding diaryl/α,β-unsaturated/α-hetero) is 1. The lowest BCUT2D eigenvalue weighted by molar-refractivity contribution is -0.116. The van der Waals surface area contributed by atoms with Gasteiger partial charge in [-0.1, -0.05) is 44.8 Å². The second-order valence-electron chi connectivity index (χ2n) is 3.47. The Morgan fingerprint density at radius 1 is 1.47 bits per heavy atom. The van der Waals surface area contributed by atoms with E-state index in [1.807, 2.05) is 6.92 Å².